The van der Waals surface area contributed by atoms with Gasteiger partial charge in [-0.05, 0) is 57.1 Å². The van der Waals surface area contributed by atoms with Crippen molar-refractivity contribution >= 4 is 11.7 Å². The fourth-order valence-corrected chi connectivity index (χ4v) is 3.63. The summed E-state index contributed by atoms with van der Waals surface area (Å²) in [5, 5.41) is 0. The molecule has 4 N–H and O–H groups in total. The largest absolute Gasteiger partial charge is 0.365 e. The Kier molecular flexibility index (Phi) is 3.85. The summed E-state index contributed by atoms with van der Waals surface area (Å²) >= 11 is 0. The topological polar surface area (TPSA) is 85.2 Å². The number of hydrogen-bond donors (Lipinski definition) is 2. The summed E-state index contributed by atoms with van der Waals surface area (Å²) in [5.74, 6) is 0.367. The van der Waals surface area contributed by atoms with Crippen molar-refractivity contribution in [3.8, 4) is 0 Å². The second-order valence-corrected chi connectivity index (χ2v) is 6.30. The van der Waals surface area contributed by atoms with Crippen molar-refractivity contribution < 1.29 is 4.79 Å². The molecule has 2 unspecified atom stereocenters. The van der Waals surface area contributed by atoms with Gasteiger partial charge in [0.1, 0.15) is 5.82 Å². The van der Waals surface area contributed by atoms with Gasteiger partial charge in [-0.3, -0.25) is 4.79 Å². The molecule has 5 heteroatoms. The van der Waals surface area contributed by atoms with Gasteiger partial charge in [-0.1, -0.05) is 0 Å². The summed E-state index contributed by atoms with van der Waals surface area (Å²) in [6.45, 7) is 2.93. The first kappa shape index (κ1) is 14.3. The van der Waals surface area contributed by atoms with Crippen LogP contribution in [0.2, 0.25) is 0 Å². The molecule has 2 atom stereocenters. The number of nitrogens with zero attached hydrogens (tertiary/aromatic N) is 2. The van der Waals surface area contributed by atoms with E-state index in [1.165, 1.54) is 12.0 Å². The molecule has 0 spiro atoms. The summed E-state index contributed by atoms with van der Waals surface area (Å²) in [7, 11) is 0. The van der Waals surface area contributed by atoms with E-state index in [9.17, 15) is 4.79 Å². The summed E-state index contributed by atoms with van der Waals surface area (Å²) in [4.78, 5) is 18.9. The molecule has 5 nitrogen and oxygen atoms in total. The second-order valence-electron chi connectivity index (χ2n) is 6.30. The standard InChI is InChI=1S/C16H24N4O/c1-10(17)14-7-2-3-8-20(14)16-12(15(18)21)9-11-5-4-6-13(11)19-16/h9-10,14H,2-8,17H2,1H3,(H2,18,21). The number of aryl methyl sites for hydroxylation is 2. The van der Waals surface area contributed by atoms with Gasteiger partial charge in [0, 0.05) is 24.3 Å². The molecule has 2 heterocycles. The van der Waals surface area contributed by atoms with Crippen molar-refractivity contribution in [2.75, 3.05) is 11.4 Å². The van der Waals surface area contributed by atoms with Gasteiger partial charge in [0.25, 0.3) is 5.91 Å². The Balaban J connectivity index is 2.05. The van der Waals surface area contributed by atoms with Crippen LogP contribution in [0.3, 0.4) is 0 Å². The van der Waals surface area contributed by atoms with Gasteiger partial charge in [-0.15, -0.1) is 0 Å². The van der Waals surface area contributed by atoms with Crippen LogP contribution >= 0.6 is 0 Å². The van der Waals surface area contributed by atoms with Gasteiger partial charge >= 0.3 is 0 Å². The van der Waals surface area contributed by atoms with E-state index in [0.29, 0.717) is 5.56 Å². The Morgan fingerprint density at radius 3 is 2.90 bits per heavy atom. The molecule has 0 saturated carbocycles. The molecule has 114 valence electrons. The zero-order valence-corrected chi connectivity index (χ0v) is 12.6. The predicted octanol–water partition coefficient (Wildman–Crippen LogP) is 1.38. The molecule has 1 aliphatic heterocycles. The van der Waals surface area contributed by atoms with Crippen molar-refractivity contribution in [3.63, 3.8) is 0 Å². The molecule has 1 aliphatic carbocycles. The van der Waals surface area contributed by atoms with Crippen LogP contribution in [-0.4, -0.2) is 29.5 Å². The lowest BCUT2D eigenvalue weighted by molar-refractivity contribution is 0.1000. The molecule has 1 aromatic rings. The lowest BCUT2D eigenvalue weighted by atomic mass is 9.96. The van der Waals surface area contributed by atoms with Crippen LogP contribution in [0.25, 0.3) is 0 Å². The van der Waals surface area contributed by atoms with Crippen LogP contribution in [0.15, 0.2) is 6.07 Å². The number of amides is 1. The van der Waals surface area contributed by atoms with Crippen molar-refractivity contribution in [2.45, 2.75) is 57.5 Å². The van der Waals surface area contributed by atoms with E-state index in [0.717, 1.165) is 50.2 Å². The molecule has 21 heavy (non-hydrogen) atoms. The van der Waals surface area contributed by atoms with E-state index in [1.807, 2.05) is 13.0 Å². The smallest absolute Gasteiger partial charge is 0.252 e. The van der Waals surface area contributed by atoms with Crippen LogP contribution in [0.1, 0.15) is 54.2 Å². The molecule has 2 aliphatic rings. The molecule has 0 aromatic carbocycles. The molecule has 0 bridgehead atoms. The summed E-state index contributed by atoms with van der Waals surface area (Å²) in [6, 6.07) is 2.25. The van der Waals surface area contributed by atoms with Crippen molar-refractivity contribution in [2.24, 2.45) is 11.5 Å². The highest BCUT2D eigenvalue weighted by Gasteiger charge is 2.30. The Hall–Kier alpha value is -1.62. The first-order chi connectivity index (χ1) is 10.1. The number of pyridine rings is 1. The van der Waals surface area contributed by atoms with Gasteiger partial charge in [0.15, 0.2) is 0 Å². The molecule has 1 amide bonds. The summed E-state index contributed by atoms with van der Waals surface area (Å²) < 4.78 is 0. The van der Waals surface area contributed by atoms with Crippen LogP contribution in [0.5, 0.6) is 0 Å². The third-order valence-corrected chi connectivity index (χ3v) is 4.72. The average Bonchev–Trinajstić information content (AvgIpc) is 2.93. The zero-order valence-electron chi connectivity index (χ0n) is 12.6. The first-order valence-electron chi connectivity index (χ1n) is 7.92. The number of anilines is 1. The zero-order chi connectivity index (χ0) is 15.0. The molecule has 1 aromatic heterocycles. The fourth-order valence-electron chi connectivity index (χ4n) is 3.63. The first-order valence-corrected chi connectivity index (χ1v) is 7.92. The number of carbonyl (C=O) groups excluding carboxylic acids is 1. The van der Waals surface area contributed by atoms with Gasteiger partial charge in [-0.2, -0.15) is 0 Å². The molecule has 1 fully saturated rings. The Morgan fingerprint density at radius 1 is 1.38 bits per heavy atom. The van der Waals surface area contributed by atoms with Crippen molar-refractivity contribution in [1.82, 2.24) is 4.98 Å². The van der Waals surface area contributed by atoms with Gasteiger partial charge in [0.05, 0.1) is 5.56 Å². The number of fused-ring (bicyclic) bond motifs is 1. The molecular formula is C16H24N4O. The minimum absolute atomic E-state index is 0.0566. The van der Waals surface area contributed by atoms with Crippen molar-refractivity contribution in [1.29, 1.82) is 0 Å². The number of rotatable bonds is 3. The quantitative estimate of drug-likeness (QED) is 0.880. The minimum Gasteiger partial charge on any atom is -0.365 e. The third-order valence-electron chi connectivity index (χ3n) is 4.72. The maximum absolute atomic E-state index is 11.9. The molecular weight excluding hydrogens is 264 g/mol. The number of hydrogen-bond acceptors (Lipinski definition) is 4. The SMILES string of the molecule is CC(N)C1CCCCN1c1nc2c(cc1C(N)=O)CCC2. The molecule has 1 saturated heterocycles. The summed E-state index contributed by atoms with van der Waals surface area (Å²) in [5.41, 5.74) is 14.6. The lowest BCUT2D eigenvalue weighted by Gasteiger charge is -2.39. The summed E-state index contributed by atoms with van der Waals surface area (Å²) in [6.07, 6.45) is 6.45. The maximum atomic E-state index is 11.9. The number of aromatic nitrogens is 1. The van der Waals surface area contributed by atoms with E-state index in [2.05, 4.69) is 4.90 Å². The minimum atomic E-state index is -0.388. The van der Waals surface area contributed by atoms with E-state index < -0.39 is 0 Å². The Morgan fingerprint density at radius 2 is 2.19 bits per heavy atom. The van der Waals surface area contributed by atoms with Gasteiger partial charge in [-0.25, -0.2) is 4.98 Å². The van der Waals surface area contributed by atoms with Crippen LogP contribution in [0, 0.1) is 0 Å². The van der Waals surface area contributed by atoms with E-state index in [4.69, 9.17) is 16.5 Å². The number of carbonyl (C=O) groups is 1. The fraction of sp³-hybridized carbons (Fsp3) is 0.625. The Bertz CT molecular complexity index is 555. The van der Waals surface area contributed by atoms with Crippen molar-refractivity contribution in [3.05, 3.63) is 22.9 Å². The van der Waals surface area contributed by atoms with Gasteiger partial charge < -0.3 is 16.4 Å². The normalized spacial score (nSPS) is 23.0. The lowest BCUT2D eigenvalue weighted by Crippen LogP contribution is -2.50. The number of primary amides is 1. The van der Waals surface area contributed by atoms with E-state index in [-0.39, 0.29) is 18.0 Å². The highest BCUT2D eigenvalue weighted by molar-refractivity contribution is 5.98. The second kappa shape index (κ2) is 5.64. The van der Waals surface area contributed by atoms with Crippen LogP contribution in [0.4, 0.5) is 5.82 Å². The molecule has 3 rings (SSSR count). The highest BCUT2D eigenvalue weighted by atomic mass is 16.1. The Labute approximate surface area is 125 Å². The number of nitrogens with two attached hydrogens (primary N) is 2. The van der Waals surface area contributed by atoms with E-state index >= 15 is 0 Å². The van der Waals surface area contributed by atoms with E-state index in [1.54, 1.807) is 0 Å². The highest BCUT2D eigenvalue weighted by Crippen LogP contribution is 2.31. The van der Waals surface area contributed by atoms with Gasteiger partial charge in [0.2, 0.25) is 0 Å². The van der Waals surface area contributed by atoms with Crippen LogP contribution < -0.4 is 16.4 Å². The average molecular weight is 288 g/mol. The molecule has 0 radical (unpaired) electrons. The third kappa shape index (κ3) is 2.62. The monoisotopic (exact) mass is 288 g/mol. The predicted molar refractivity (Wildman–Crippen MR) is 83.4 cm³/mol. The van der Waals surface area contributed by atoms with Crippen LogP contribution in [-0.2, 0) is 12.8 Å². The maximum Gasteiger partial charge on any atom is 0.252 e. The number of piperidine rings is 1.